The molecule has 5 rings (SSSR count). The maximum absolute atomic E-state index is 6.33. The molecule has 0 spiro atoms. The average Bonchev–Trinajstić information content (AvgIpc) is 3.22. The van der Waals surface area contributed by atoms with Crippen LogP contribution in [0.25, 0.3) is 22.2 Å². The normalized spacial score (nSPS) is 11.6. The zero-order valence-corrected chi connectivity index (χ0v) is 23.1. The van der Waals surface area contributed by atoms with Crippen molar-refractivity contribution in [3.05, 3.63) is 106 Å². The maximum atomic E-state index is 6.33. The van der Waals surface area contributed by atoms with Crippen molar-refractivity contribution in [2.24, 2.45) is 7.05 Å². The highest BCUT2D eigenvalue weighted by atomic mass is 79.9. The number of fused-ring (bicyclic) bond motifs is 1. The summed E-state index contributed by atoms with van der Waals surface area (Å²) >= 11 is 3.69. The highest BCUT2D eigenvalue weighted by Crippen LogP contribution is 2.41. The monoisotopic (exact) mass is 555 g/mol. The Morgan fingerprint density at radius 1 is 0.811 bits per heavy atom. The van der Waals surface area contributed by atoms with Gasteiger partial charge in [0.1, 0.15) is 18.9 Å². The molecule has 0 aliphatic heterocycles. The number of benzene rings is 3. The summed E-state index contributed by atoms with van der Waals surface area (Å²) in [6, 6.07) is 28.3. The topological polar surface area (TPSA) is 49.2 Å². The third kappa shape index (κ3) is 5.54. The van der Waals surface area contributed by atoms with E-state index in [-0.39, 0.29) is 5.41 Å². The first-order valence-corrected chi connectivity index (χ1v) is 13.1. The first-order chi connectivity index (χ1) is 17.8. The first kappa shape index (κ1) is 25.0. The van der Waals surface area contributed by atoms with Gasteiger partial charge in [0.25, 0.3) is 0 Å². The molecule has 0 amide bonds. The van der Waals surface area contributed by atoms with Gasteiger partial charge in [-0.15, -0.1) is 0 Å². The fourth-order valence-corrected chi connectivity index (χ4v) is 4.83. The van der Waals surface area contributed by atoms with Gasteiger partial charge in [0.05, 0.1) is 11.1 Å². The minimum absolute atomic E-state index is 0.0863. The Morgan fingerprint density at radius 3 is 2.05 bits per heavy atom. The lowest BCUT2D eigenvalue weighted by atomic mass is 9.83. The lowest BCUT2D eigenvalue weighted by molar-refractivity contribution is 0.268. The summed E-state index contributed by atoms with van der Waals surface area (Å²) in [5.74, 6) is 1.01. The van der Waals surface area contributed by atoms with E-state index in [0.717, 1.165) is 37.8 Å². The SMILES string of the molecule is Cn1nc(-c2ccc(OCc3ccccc3)nc2OCc2ccccc2)c2c(C(C)(C)C)cc(Br)cc21. The van der Waals surface area contributed by atoms with Gasteiger partial charge in [-0.3, -0.25) is 4.68 Å². The molecule has 5 aromatic rings. The predicted molar refractivity (Wildman–Crippen MR) is 152 cm³/mol. The second kappa shape index (κ2) is 10.4. The Kier molecular flexibility index (Phi) is 7.02. The highest BCUT2D eigenvalue weighted by Gasteiger charge is 2.25. The van der Waals surface area contributed by atoms with Crippen molar-refractivity contribution < 1.29 is 9.47 Å². The van der Waals surface area contributed by atoms with Crippen LogP contribution in [0.1, 0.15) is 37.5 Å². The van der Waals surface area contributed by atoms with Gasteiger partial charge in [0.2, 0.25) is 11.8 Å². The first-order valence-electron chi connectivity index (χ1n) is 12.3. The fourth-order valence-electron chi connectivity index (χ4n) is 4.38. The van der Waals surface area contributed by atoms with Crippen LogP contribution in [0.5, 0.6) is 11.8 Å². The van der Waals surface area contributed by atoms with Gasteiger partial charge in [0.15, 0.2) is 0 Å². The van der Waals surface area contributed by atoms with Gasteiger partial charge >= 0.3 is 0 Å². The molecule has 0 radical (unpaired) electrons. The van der Waals surface area contributed by atoms with E-state index < -0.39 is 0 Å². The van der Waals surface area contributed by atoms with E-state index in [2.05, 4.69) is 48.8 Å². The molecule has 0 fully saturated rings. The lowest BCUT2D eigenvalue weighted by Gasteiger charge is -2.21. The van der Waals surface area contributed by atoms with Gasteiger partial charge < -0.3 is 9.47 Å². The largest absolute Gasteiger partial charge is 0.473 e. The Hall–Kier alpha value is -3.64. The summed E-state index contributed by atoms with van der Waals surface area (Å²) in [5, 5.41) is 6.05. The van der Waals surface area contributed by atoms with Crippen LogP contribution >= 0.6 is 15.9 Å². The zero-order chi connectivity index (χ0) is 26.0. The summed E-state index contributed by atoms with van der Waals surface area (Å²) < 4.78 is 15.3. The average molecular weight is 557 g/mol. The van der Waals surface area contributed by atoms with Gasteiger partial charge in [-0.05, 0) is 40.3 Å². The van der Waals surface area contributed by atoms with Crippen molar-refractivity contribution >= 4 is 26.8 Å². The third-order valence-electron chi connectivity index (χ3n) is 6.26. The van der Waals surface area contributed by atoms with Gasteiger partial charge in [-0.2, -0.15) is 10.1 Å². The van der Waals surface area contributed by atoms with Crippen LogP contribution in [0, 0.1) is 0 Å². The molecule has 6 heteroatoms. The second-order valence-corrected chi connectivity index (χ2v) is 11.0. The molecule has 0 atom stereocenters. The second-order valence-electron chi connectivity index (χ2n) is 10.1. The van der Waals surface area contributed by atoms with E-state index in [1.54, 1.807) is 0 Å². The number of hydrogen-bond donors (Lipinski definition) is 0. The van der Waals surface area contributed by atoms with Gasteiger partial charge in [-0.25, -0.2) is 0 Å². The molecule has 0 saturated heterocycles. The molecule has 5 nitrogen and oxygen atoms in total. The molecule has 188 valence electrons. The van der Waals surface area contributed by atoms with Crippen molar-refractivity contribution in [2.75, 3.05) is 0 Å². The quantitative estimate of drug-likeness (QED) is 0.205. The summed E-state index contributed by atoms with van der Waals surface area (Å²) in [6.45, 7) is 7.48. The van der Waals surface area contributed by atoms with Crippen LogP contribution in [-0.2, 0) is 25.7 Å². The van der Waals surface area contributed by atoms with E-state index in [9.17, 15) is 0 Å². The summed E-state index contributed by atoms with van der Waals surface area (Å²) in [6.07, 6.45) is 0. The number of aryl methyl sites for hydroxylation is 1. The summed E-state index contributed by atoms with van der Waals surface area (Å²) in [5.41, 5.74) is 6.00. The lowest BCUT2D eigenvalue weighted by Crippen LogP contribution is -2.12. The Bertz CT molecular complexity index is 1520. The third-order valence-corrected chi connectivity index (χ3v) is 6.72. The Balaban J connectivity index is 1.59. The zero-order valence-electron chi connectivity index (χ0n) is 21.5. The van der Waals surface area contributed by atoms with Crippen LogP contribution in [0.15, 0.2) is 89.4 Å². The van der Waals surface area contributed by atoms with Gasteiger partial charge in [-0.1, -0.05) is 97.4 Å². The number of hydrogen-bond acceptors (Lipinski definition) is 4. The predicted octanol–water partition coefficient (Wildman–Crippen LogP) is 7.85. The van der Waals surface area contributed by atoms with E-state index in [4.69, 9.17) is 19.6 Å². The molecule has 0 bridgehead atoms. The highest BCUT2D eigenvalue weighted by molar-refractivity contribution is 9.10. The van der Waals surface area contributed by atoms with Crippen LogP contribution in [0.3, 0.4) is 0 Å². The van der Waals surface area contributed by atoms with Crippen LogP contribution in [0.4, 0.5) is 0 Å². The molecule has 0 saturated carbocycles. The smallest absolute Gasteiger partial charge is 0.226 e. The fraction of sp³-hybridized carbons (Fsp3) is 0.226. The molecule has 3 aromatic carbocycles. The Labute approximate surface area is 226 Å². The summed E-state index contributed by atoms with van der Waals surface area (Å²) in [7, 11) is 1.97. The molecule has 0 aliphatic rings. The van der Waals surface area contributed by atoms with Crippen LogP contribution in [0.2, 0.25) is 0 Å². The molecule has 0 aliphatic carbocycles. The van der Waals surface area contributed by atoms with Crippen molar-refractivity contribution in [1.29, 1.82) is 0 Å². The number of nitrogens with zero attached hydrogens (tertiary/aromatic N) is 3. The van der Waals surface area contributed by atoms with E-state index in [0.29, 0.717) is 25.0 Å². The minimum Gasteiger partial charge on any atom is -0.473 e. The van der Waals surface area contributed by atoms with Crippen LogP contribution < -0.4 is 9.47 Å². The minimum atomic E-state index is -0.0863. The number of aromatic nitrogens is 3. The Morgan fingerprint density at radius 2 is 1.43 bits per heavy atom. The van der Waals surface area contributed by atoms with E-state index >= 15 is 0 Å². The molecular weight excluding hydrogens is 526 g/mol. The molecule has 37 heavy (non-hydrogen) atoms. The molecule has 2 heterocycles. The van der Waals surface area contributed by atoms with Crippen molar-refractivity contribution in [3.63, 3.8) is 0 Å². The van der Waals surface area contributed by atoms with Crippen molar-refractivity contribution in [3.8, 4) is 23.0 Å². The standard InChI is InChI=1S/C31H30BrN3O2/c1-31(2,3)25-17-23(32)18-26-28(25)29(34-35(26)4)24-15-16-27(36-19-21-11-7-5-8-12-21)33-30(24)37-20-22-13-9-6-10-14-22/h5-18H,19-20H2,1-4H3. The van der Waals surface area contributed by atoms with E-state index in [1.807, 2.05) is 84.5 Å². The molecule has 0 N–H and O–H groups in total. The number of pyridine rings is 1. The van der Waals surface area contributed by atoms with Crippen molar-refractivity contribution in [2.45, 2.75) is 39.4 Å². The number of rotatable bonds is 7. The van der Waals surface area contributed by atoms with E-state index in [1.165, 1.54) is 5.56 Å². The van der Waals surface area contributed by atoms with Gasteiger partial charge in [0, 0.05) is 23.0 Å². The summed E-state index contributed by atoms with van der Waals surface area (Å²) in [4.78, 5) is 4.80. The molecule has 0 unspecified atom stereocenters. The molecular formula is C31H30BrN3O2. The maximum Gasteiger partial charge on any atom is 0.226 e. The number of ether oxygens (including phenoxy) is 2. The van der Waals surface area contributed by atoms with Crippen molar-refractivity contribution in [1.82, 2.24) is 14.8 Å². The molecule has 2 aromatic heterocycles. The van der Waals surface area contributed by atoms with Crippen LogP contribution in [-0.4, -0.2) is 14.8 Å². The number of halogens is 1.